The Morgan fingerprint density at radius 1 is 0.848 bits per heavy atom. The van der Waals surface area contributed by atoms with Crippen LogP contribution in [0.5, 0.6) is 0 Å². The second-order valence-electron chi connectivity index (χ2n) is 11.3. The third-order valence-electron chi connectivity index (χ3n) is 8.99. The lowest BCUT2D eigenvalue weighted by atomic mass is 9.47. The predicted octanol–water partition coefficient (Wildman–Crippen LogP) is 6.61. The summed E-state index contributed by atoms with van der Waals surface area (Å²) in [5, 5.41) is 11.4. The molecule has 3 heteroatoms. The van der Waals surface area contributed by atoms with E-state index in [0.29, 0.717) is 17.1 Å². The van der Waals surface area contributed by atoms with Gasteiger partial charge in [-0.3, -0.25) is 0 Å². The van der Waals surface area contributed by atoms with Crippen molar-refractivity contribution in [2.75, 3.05) is 6.61 Å². The number of carboxylic acids is 1. The molecule has 0 amide bonds. The number of ether oxygens (including phenoxy) is 1. The van der Waals surface area contributed by atoms with Crippen LogP contribution in [0.25, 0.3) is 21.9 Å². The summed E-state index contributed by atoms with van der Waals surface area (Å²) >= 11 is 0. The van der Waals surface area contributed by atoms with E-state index in [-0.39, 0.29) is 0 Å². The monoisotopic (exact) mass is 438 g/mol. The van der Waals surface area contributed by atoms with Gasteiger partial charge >= 0.3 is 5.97 Å². The molecule has 8 rings (SSSR count). The van der Waals surface area contributed by atoms with E-state index in [1.54, 1.807) is 17.7 Å². The Hall–Kier alpha value is -2.65. The molecule has 1 atom stereocenters. The van der Waals surface area contributed by atoms with Crippen molar-refractivity contribution in [1.29, 1.82) is 0 Å². The fourth-order valence-electron chi connectivity index (χ4n) is 7.86. The third-order valence-corrected chi connectivity index (χ3v) is 8.99. The highest BCUT2D eigenvalue weighted by atomic mass is 16.6. The third kappa shape index (κ3) is 3.40. The van der Waals surface area contributed by atoms with Crippen LogP contribution in [0, 0.1) is 17.8 Å². The molecule has 0 spiro atoms. The summed E-state index contributed by atoms with van der Waals surface area (Å²) in [4.78, 5) is 11.3. The first-order valence-electron chi connectivity index (χ1n) is 12.6. The molecule has 1 aliphatic heterocycles. The van der Waals surface area contributed by atoms with Crippen LogP contribution in [0.4, 0.5) is 0 Å². The number of hydrogen-bond acceptors (Lipinski definition) is 2. The van der Waals surface area contributed by atoms with Crippen molar-refractivity contribution in [2.24, 2.45) is 17.8 Å². The summed E-state index contributed by atoms with van der Waals surface area (Å²) in [5.74, 6) is 1.90. The maximum atomic E-state index is 11.3. The van der Waals surface area contributed by atoms with Gasteiger partial charge in [-0.2, -0.15) is 0 Å². The van der Waals surface area contributed by atoms with E-state index in [1.165, 1.54) is 55.2 Å². The Labute approximate surface area is 194 Å². The molecule has 0 aromatic heterocycles. The number of epoxide rings is 1. The van der Waals surface area contributed by atoms with Gasteiger partial charge in [0.1, 0.15) is 0 Å². The molecule has 5 fully saturated rings. The molecule has 4 saturated carbocycles. The molecule has 3 nitrogen and oxygen atoms in total. The number of hydrogen-bond donors (Lipinski definition) is 1. The zero-order valence-corrected chi connectivity index (χ0v) is 18.9. The van der Waals surface area contributed by atoms with E-state index >= 15 is 0 Å². The molecule has 3 aromatic rings. The average Bonchev–Trinajstić information content (AvgIpc) is 3.62. The Morgan fingerprint density at radius 3 is 2.12 bits per heavy atom. The van der Waals surface area contributed by atoms with Crippen LogP contribution in [0.3, 0.4) is 0 Å². The lowest BCUT2D eigenvalue weighted by Gasteiger charge is -2.57. The van der Waals surface area contributed by atoms with Gasteiger partial charge in [0.25, 0.3) is 0 Å². The number of fused-ring (bicyclic) bond motifs is 1. The van der Waals surface area contributed by atoms with E-state index < -0.39 is 5.97 Å². The van der Waals surface area contributed by atoms with E-state index in [1.807, 2.05) is 6.07 Å². The zero-order chi connectivity index (χ0) is 22.2. The second-order valence-corrected chi connectivity index (χ2v) is 11.3. The molecule has 33 heavy (non-hydrogen) atoms. The highest BCUT2D eigenvalue weighted by Gasteiger charge is 2.52. The molecule has 1 heterocycles. The van der Waals surface area contributed by atoms with Gasteiger partial charge in [-0.1, -0.05) is 36.4 Å². The van der Waals surface area contributed by atoms with Gasteiger partial charge in [0, 0.05) is 6.42 Å². The summed E-state index contributed by atoms with van der Waals surface area (Å²) in [7, 11) is 0. The van der Waals surface area contributed by atoms with E-state index in [0.717, 1.165) is 41.6 Å². The quantitative estimate of drug-likeness (QED) is 0.456. The minimum absolute atomic E-state index is 0.339. The molecule has 1 unspecified atom stereocenters. The molecule has 4 bridgehead atoms. The van der Waals surface area contributed by atoms with Crippen LogP contribution >= 0.6 is 0 Å². The Bertz CT molecular complexity index is 1230. The van der Waals surface area contributed by atoms with Crippen molar-refractivity contribution >= 4 is 16.7 Å². The minimum atomic E-state index is -0.878. The Kier molecular flexibility index (Phi) is 4.30. The lowest BCUT2D eigenvalue weighted by Crippen LogP contribution is -2.49. The first kappa shape index (κ1) is 19.8. The van der Waals surface area contributed by atoms with E-state index in [9.17, 15) is 9.90 Å². The number of rotatable bonds is 5. The van der Waals surface area contributed by atoms with Crippen molar-refractivity contribution in [2.45, 2.75) is 56.5 Å². The Balaban J connectivity index is 1.31. The largest absolute Gasteiger partial charge is 0.478 e. The highest BCUT2D eigenvalue weighted by molar-refractivity contribution is 5.95. The van der Waals surface area contributed by atoms with E-state index in [4.69, 9.17) is 4.74 Å². The Morgan fingerprint density at radius 2 is 1.45 bits per heavy atom. The highest BCUT2D eigenvalue weighted by Crippen LogP contribution is 2.61. The molecule has 0 radical (unpaired) electrons. The first-order valence-corrected chi connectivity index (χ1v) is 12.6. The van der Waals surface area contributed by atoms with Crippen molar-refractivity contribution < 1.29 is 14.6 Å². The van der Waals surface area contributed by atoms with Gasteiger partial charge in [-0.15, -0.1) is 0 Å². The molecule has 4 aliphatic carbocycles. The molecule has 1 N–H and O–H groups in total. The summed E-state index contributed by atoms with van der Waals surface area (Å²) < 4.78 is 5.63. The summed E-state index contributed by atoms with van der Waals surface area (Å²) in [6.45, 7) is 0.908. The first-order chi connectivity index (χ1) is 16.0. The van der Waals surface area contributed by atoms with Gasteiger partial charge in [0.05, 0.1) is 18.3 Å². The molecular weight excluding hydrogens is 408 g/mol. The second kappa shape index (κ2) is 7.17. The normalized spacial score (nSPS) is 31.8. The van der Waals surface area contributed by atoms with Crippen LogP contribution in [0.15, 0.2) is 54.6 Å². The minimum Gasteiger partial charge on any atom is -0.478 e. The molecule has 168 valence electrons. The van der Waals surface area contributed by atoms with Gasteiger partial charge in [-0.25, -0.2) is 4.79 Å². The molecule has 3 aromatic carbocycles. The number of carboxylic acid groups (broad SMARTS) is 1. The fraction of sp³-hybridized carbons (Fsp3) is 0.433. The number of benzene rings is 3. The van der Waals surface area contributed by atoms with Gasteiger partial charge in [-0.05, 0) is 113 Å². The topological polar surface area (TPSA) is 49.8 Å². The van der Waals surface area contributed by atoms with Crippen LogP contribution in [-0.4, -0.2) is 23.8 Å². The van der Waals surface area contributed by atoms with E-state index in [2.05, 4.69) is 36.4 Å². The SMILES string of the molecule is O=C(O)c1ccc2cc(-c3ccc(CC4CO4)c(C45CC6CC(CC(C6)C4)C5)c3)ccc2c1. The van der Waals surface area contributed by atoms with Crippen molar-refractivity contribution in [3.63, 3.8) is 0 Å². The van der Waals surface area contributed by atoms with Gasteiger partial charge < -0.3 is 9.84 Å². The average molecular weight is 439 g/mol. The molecular formula is C30H30O3. The van der Waals surface area contributed by atoms with Crippen LogP contribution in [0.2, 0.25) is 0 Å². The predicted molar refractivity (Wildman–Crippen MR) is 130 cm³/mol. The zero-order valence-electron chi connectivity index (χ0n) is 18.9. The van der Waals surface area contributed by atoms with Gasteiger partial charge in [0.15, 0.2) is 0 Å². The molecule has 5 aliphatic rings. The smallest absolute Gasteiger partial charge is 0.335 e. The van der Waals surface area contributed by atoms with Crippen molar-refractivity contribution in [3.05, 3.63) is 71.3 Å². The van der Waals surface area contributed by atoms with Crippen LogP contribution in [-0.2, 0) is 16.6 Å². The van der Waals surface area contributed by atoms with Crippen molar-refractivity contribution in [1.82, 2.24) is 0 Å². The number of carbonyl (C=O) groups is 1. The maximum absolute atomic E-state index is 11.3. The van der Waals surface area contributed by atoms with Gasteiger partial charge in [0.2, 0.25) is 0 Å². The standard InChI is InChI=1S/C30H30O3/c31-29(32)26-6-4-21-10-22(1-2-23(21)11-26)24-3-5-25(12-27-17-33-27)28(13-24)30-14-18-7-19(15-30)9-20(8-18)16-30/h1-6,10-11,13,18-20,27H,7-9,12,14-17H2,(H,31,32). The number of aromatic carboxylic acids is 1. The summed E-state index contributed by atoms with van der Waals surface area (Å²) in [6.07, 6.45) is 9.96. The summed E-state index contributed by atoms with van der Waals surface area (Å²) in [6, 6.07) is 19.0. The maximum Gasteiger partial charge on any atom is 0.335 e. The molecule has 1 saturated heterocycles. The van der Waals surface area contributed by atoms with Crippen molar-refractivity contribution in [3.8, 4) is 11.1 Å². The fourth-order valence-corrected chi connectivity index (χ4v) is 7.86. The lowest BCUT2D eigenvalue weighted by molar-refractivity contribution is -0.00558. The summed E-state index contributed by atoms with van der Waals surface area (Å²) in [5.41, 5.74) is 6.32. The van der Waals surface area contributed by atoms with Crippen LogP contribution < -0.4 is 0 Å². The van der Waals surface area contributed by atoms with Crippen LogP contribution in [0.1, 0.15) is 60.0 Å².